The topological polar surface area (TPSA) is 58.2 Å². The van der Waals surface area contributed by atoms with Crippen LogP contribution in [0.2, 0.25) is 5.02 Å². The summed E-state index contributed by atoms with van der Waals surface area (Å²) in [6.45, 7) is 4.54. The van der Waals surface area contributed by atoms with Crippen molar-refractivity contribution in [1.29, 1.82) is 0 Å². The van der Waals surface area contributed by atoms with Crippen molar-refractivity contribution in [3.05, 3.63) is 64.2 Å². The van der Waals surface area contributed by atoms with Crippen LogP contribution in [0.3, 0.4) is 0 Å². The third-order valence-electron chi connectivity index (χ3n) is 3.86. The van der Waals surface area contributed by atoms with Gasteiger partial charge in [0.2, 0.25) is 5.91 Å². The molecular formula is C20H23ClN2O2. The molecule has 2 amide bonds. The minimum absolute atomic E-state index is 0.132. The van der Waals surface area contributed by atoms with Gasteiger partial charge < -0.3 is 10.6 Å². The van der Waals surface area contributed by atoms with Gasteiger partial charge in [0.1, 0.15) is 0 Å². The molecule has 0 heterocycles. The number of anilines is 1. The van der Waals surface area contributed by atoms with Gasteiger partial charge in [0, 0.05) is 18.0 Å². The Balaban J connectivity index is 1.98. The number of hydrogen-bond donors (Lipinski definition) is 2. The lowest BCUT2D eigenvalue weighted by atomic mass is 10.1. The van der Waals surface area contributed by atoms with E-state index in [1.54, 1.807) is 24.3 Å². The highest BCUT2D eigenvalue weighted by atomic mass is 35.5. The van der Waals surface area contributed by atoms with E-state index in [0.29, 0.717) is 35.7 Å². The summed E-state index contributed by atoms with van der Waals surface area (Å²) in [6.07, 6.45) is 1.78. The Bertz CT molecular complexity index is 759. The van der Waals surface area contributed by atoms with Crippen molar-refractivity contribution in [3.8, 4) is 0 Å². The molecular weight excluding hydrogens is 336 g/mol. The van der Waals surface area contributed by atoms with E-state index < -0.39 is 0 Å². The van der Waals surface area contributed by atoms with Crippen molar-refractivity contribution in [2.45, 2.75) is 33.1 Å². The summed E-state index contributed by atoms with van der Waals surface area (Å²) in [4.78, 5) is 24.4. The molecule has 0 atom stereocenters. The number of benzene rings is 2. The van der Waals surface area contributed by atoms with Crippen LogP contribution in [0.5, 0.6) is 0 Å². The lowest BCUT2D eigenvalue weighted by Gasteiger charge is -2.11. The number of nitrogens with one attached hydrogen (secondary N) is 2. The van der Waals surface area contributed by atoms with Gasteiger partial charge in [0.05, 0.1) is 11.3 Å². The summed E-state index contributed by atoms with van der Waals surface area (Å²) < 4.78 is 0. The maximum Gasteiger partial charge on any atom is 0.253 e. The maximum atomic E-state index is 12.3. The van der Waals surface area contributed by atoms with Gasteiger partial charge in [-0.3, -0.25) is 9.59 Å². The predicted molar refractivity (Wildman–Crippen MR) is 102 cm³/mol. The second-order valence-corrected chi connectivity index (χ2v) is 6.34. The molecule has 0 bridgehead atoms. The van der Waals surface area contributed by atoms with Crippen molar-refractivity contribution in [2.75, 3.05) is 11.9 Å². The van der Waals surface area contributed by atoms with Crippen LogP contribution in [0.1, 0.15) is 41.3 Å². The number of aryl methyl sites for hydroxylation is 2. The van der Waals surface area contributed by atoms with Crippen LogP contribution in [-0.2, 0) is 11.2 Å². The largest absolute Gasteiger partial charge is 0.352 e. The van der Waals surface area contributed by atoms with E-state index in [1.165, 1.54) is 0 Å². The number of carbonyl (C=O) groups excluding carboxylic acids is 2. The van der Waals surface area contributed by atoms with Gasteiger partial charge in [0.25, 0.3) is 5.91 Å². The molecule has 132 valence electrons. The first-order valence-electron chi connectivity index (χ1n) is 8.43. The molecule has 0 radical (unpaired) electrons. The first-order valence-corrected chi connectivity index (χ1v) is 8.81. The summed E-state index contributed by atoms with van der Waals surface area (Å²) >= 11 is 6.11. The Hall–Kier alpha value is -2.33. The molecule has 4 nitrogen and oxygen atoms in total. The zero-order valence-corrected chi connectivity index (χ0v) is 15.3. The third kappa shape index (κ3) is 5.61. The van der Waals surface area contributed by atoms with Crippen LogP contribution in [0.15, 0.2) is 42.5 Å². The minimum atomic E-state index is -0.178. The average Bonchev–Trinajstić information content (AvgIpc) is 2.61. The molecule has 0 aliphatic rings. The molecule has 0 aromatic heterocycles. The molecule has 0 spiro atoms. The van der Waals surface area contributed by atoms with E-state index in [1.807, 2.05) is 32.0 Å². The number of carbonyl (C=O) groups is 2. The van der Waals surface area contributed by atoms with Crippen molar-refractivity contribution in [3.63, 3.8) is 0 Å². The first kappa shape index (κ1) is 19.0. The predicted octanol–water partition coefficient (Wildman–Crippen LogP) is 4.36. The molecule has 0 aliphatic heterocycles. The standard InChI is InChI=1S/C20H23ClN2O2/c1-3-12-22-20(25)16-6-4-5-7-18(16)23-19(24)11-10-15-9-8-14(2)17(21)13-15/h4-9,13H,3,10-12H2,1-2H3,(H,22,25)(H,23,24). The summed E-state index contributed by atoms with van der Waals surface area (Å²) in [6, 6.07) is 12.8. The highest BCUT2D eigenvalue weighted by molar-refractivity contribution is 6.31. The zero-order chi connectivity index (χ0) is 18.2. The van der Waals surface area contributed by atoms with Gasteiger partial charge in [-0.15, -0.1) is 0 Å². The van der Waals surface area contributed by atoms with Crippen molar-refractivity contribution >= 4 is 29.1 Å². The van der Waals surface area contributed by atoms with Gasteiger partial charge in [-0.25, -0.2) is 0 Å². The molecule has 0 saturated carbocycles. The van der Waals surface area contributed by atoms with Crippen molar-refractivity contribution < 1.29 is 9.59 Å². The maximum absolute atomic E-state index is 12.3. The van der Waals surface area contributed by atoms with E-state index >= 15 is 0 Å². The van der Waals surface area contributed by atoms with E-state index in [0.717, 1.165) is 17.5 Å². The zero-order valence-electron chi connectivity index (χ0n) is 14.6. The molecule has 2 N–H and O–H groups in total. The second-order valence-electron chi connectivity index (χ2n) is 5.93. The van der Waals surface area contributed by atoms with E-state index in [-0.39, 0.29) is 11.8 Å². The Morgan fingerprint density at radius 3 is 2.60 bits per heavy atom. The molecule has 0 aliphatic carbocycles. The average molecular weight is 359 g/mol. The number of rotatable bonds is 7. The number of halogens is 1. The quantitative estimate of drug-likeness (QED) is 0.772. The first-order chi connectivity index (χ1) is 12.0. The minimum Gasteiger partial charge on any atom is -0.352 e. The fourth-order valence-electron chi connectivity index (χ4n) is 2.39. The lowest BCUT2D eigenvalue weighted by Crippen LogP contribution is -2.25. The van der Waals surface area contributed by atoms with Crippen LogP contribution in [0.25, 0.3) is 0 Å². The third-order valence-corrected chi connectivity index (χ3v) is 4.27. The number of hydrogen-bond acceptors (Lipinski definition) is 2. The number of para-hydroxylation sites is 1. The number of amides is 2. The summed E-state index contributed by atoms with van der Waals surface area (Å²) in [5.41, 5.74) is 3.03. The molecule has 0 fully saturated rings. The van der Waals surface area contributed by atoms with Crippen LogP contribution in [-0.4, -0.2) is 18.4 Å². The van der Waals surface area contributed by atoms with E-state index in [2.05, 4.69) is 10.6 Å². The molecule has 25 heavy (non-hydrogen) atoms. The van der Waals surface area contributed by atoms with Gasteiger partial charge >= 0.3 is 0 Å². The smallest absolute Gasteiger partial charge is 0.253 e. The fraction of sp³-hybridized carbons (Fsp3) is 0.300. The van der Waals surface area contributed by atoms with Crippen LogP contribution >= 0.6 is 11.6 Å². The van der Waals surface area contributed by atoms with Gasteiger partial charge in [-0.05, 0) is 49.1 Å². The molecule has 0 saturated heterocycles. The molecule has 5 heteroatoms. The Kier molecular flexibility index (Phi) is 7.02. The van der Waals surface area contributed by atoms with Crippen molar-refractivity contribution in [1.82, 2.24) is 5.32 Å². The highest BCUT2D eigenvalue weighted by Gasteiger charge is 2.12. The molecule has 2 aromatic rings. The molecule has 2 aromatic carbocycles. The highest BCUT2D eigenvalue weighted by Crippen LogP contribution is 2.19. The summed E-state index contributed by atoms with van der Waals surface area (Å²) in [5, 5.41) is 6.36. The Morgan fingerprint density at radius 1 is 1.12 bits per heavy atom. The van der Waals surface area contributed by atoms with Gasteiger partial charge in [-0.1, -0.05) is 42.8 Å². The van der Waals surface area contributed by atoms with Crippen LogP contribution in [0.4, 0.5) is 5.69 Å². The molecule has 0 unspecified atom stereocenters. The lowest BCUT2D eigenvalue weighted by molar-refractivity contribution is -0.116. The Morgan fingerprint density at radius 2 is 1.88 bits per heavy atom. The van der Waals surface area contributed by atoms with E-state index in [4.69, 9.17) is 11.6 Å². The van der Waals surface area contributed by atoms with Crippen LogP contribution < -0.4 is 10.6 Å². The van der Waals surface area contributed by atoms with Crippen LogP contribution in [0, 0.1) is 6.92 Å². The molecule has 2 rings (SSSR count). The van der Waals surface area contributed by atoms with Gasteiger partial charge in [0.15, 0.2) is 0 Å². The SMILES string of the molecule is CCCNC(=O)c1ccccc1NC(=O)CCc1ccc(C)c(Cl)c1. The fourth-order valence-corrected chi connectivity index (χ4v) is 2.59. The summed E-state index contributed by atoms with van der Waals surface area (Å²) in [7, 11) is 0. The Labute approximate surface area is 153 Å². The monoisotopic (exact) mass is 358 g/mol. The van der Waals surface area contributed by atoms with Crippen molar-refractivity contribution in [2.24, 2.45) is 0 Å². The summed E-state index contributed by atoms with van der Waals surface area (Å²) in [5.74, 6) is -0.310. The second kappa shape index (κ2) is 9.23. The normalized spacial score (nSPS) is 10.4. The van der Waals surface area contributed by atoms with Gasteiger partial charge in [-0.2, -0.15) is 0 Å². The van der Waals surface area contributed by atoms with E-state index in [9.17, 15) is 9.59 Å².